The van der Waals surface area contributed by atoms with E-state index in [0.717, 1.165) is 54.5 Å². The fourth-order valence-electron chi connectivity index (χ4n) is 7.23. The Kier molecular flexibility index (Phi) is 10.7. The van der Waals surface area contributed by atoms with Crippen LogP contribution >= 0.6 is 0 Å². The van der Waals surface area contributed by atoms with Gasteiger partial charge in [-0.2, -0.15) is 0 Å². The Labute approximate surface area is 292 Å². The summed E-state index contributed by atoms with van der Waals surface area (Å²) in [5, 5.41) is 13.3. The zero-order valence-electron chi connectivity index (χ0n) is 26.9. The molecule has 2 aliphatic carbocycles. The van der Waals surface area contributed by atoms with Gasteiger partial charge < -0.3 is 24.9 Å². The number of carbonyl (C=O) groups is 3. The second-order valence-corrected chi connectivity index (χ2v) is 13.1. The van der Waals surface area contributed by atoms with E-state index in [9.17, 15) is 19.5 Å². The van der Waals surface area contributed by atoms with Crippen molar-refractivity contribution in [3.05, 3.63) is 101 Å². The smallest absolute Gasteiger partial charge is 0.550 e. The fourth-order valence-corrected chi connectivity index (χ4v) is 7.23. The van der Waals surface area contributed by atoms with Crippen molar-refractivity contribution in [2.24, 2.45) is 22.7 Å². The number of amides is 2. The molecule has 0 aromatic heterocycles. The van der Waals surface area contributed by atoms with Gasteiger partial charge >= 0.3 is 29.6 Å². The number of nitrogens with one attached hydrogen (secondary N) is 1. The van der Waals surface area contributed by atoms with E-state index < -0.39 is 11.6 Å². The molecule has 2 unspecified atom stereocenters. The van der Waals surface area contributed by atoms with Crippen molar-refractivity contribution in [3.8, 4) is 5.75 Å². The molecule has 1 spiro atoms. The first-order chi connectivity index (χ1) is 21.7. The van der Waals surface area contributed by atoms with Crippen molar-refractivity contribution in [2.45, 2.75) is 70.7 Å². The van der Waals surface area contributed by atoms with Gasteiger partial charge in [0.1, 0.15) is 23.7 Å². The van der Waals surface area contributed by atoms with E-state index in [-0.39, 0.29) is 60.4 Å². The van der Waals surface area contributed by atoms with Crippen molar-refractivity contribution >= 4 is 23.5 Å². The first-order valence-electron chi connectivity index (χ1n) is 16.0. The van der Waals surface area contributed by atoms with Crippen LogP contribution in [0.15, 0.2) is 83.9 Å². The standard InChI is InChI=1S/C37H41N3O5.Na/c1-24-20-25(2)22-37(21-24)39-33(27-14-16-31(17-15-27)45-23-26-6-4-3-5-7-26)36(44)40(37)34(28-8-9-28)29-10-12-30(13-11-29)35(43)38-19-18-32(41)42;/h3-7,10-17,24-25,28,34H,8-9,18-23H2,1-2H3,(H,38,43)(H,41,42);/q;+1/p-1/t24?,25?,34-,37?;/m1./s1. The van der Waals surface area contributed by atoms with Crippen LogP contribution in [0.5, 0.6) is 5.75 Å². The fraction of sp³-hybridized carbons (Fsp3) is 0.405. The van der Waals surface area contributed by atoms with E-state index in [2.05, 4.69) is 24.1 Å². The van der Waals surface area contributed by atoms with Gasteiger partial charge in [-0.3, -0.25) is 14.6 Å². The third-order valence-corrected chi connectivity index (χ3v) is 9.20. The summed E-state index contributed by atoms with van der Waals surface area (Å²) in [7, 11) is 0. The number of hydrogen-bond donors (Lipinski definition) is 1. The number of carboxylic acid groups (broad SMARTS) is 1. The average Bonchev–Trinajstić information content (AvgIpc) is 3.83. The van der Waals surface area contributed by atoms with Crippen LogP contribution in [-0.4, -0.2) is 40.6 Å². The maximum atomic E-state index is 14.5. The Bertz CT molecular complexity index is 1560. The molecular weight excluding hydrogens is 589 g/mol. The van der Waals surface area contributed by atoms with Crippen LogP contribution in [0.1, 0.15) is 85.5 Å². The first kappa shape index (κ1) is 33.9. The Morgan fingerprint density at radius 2 is 1.63 bits per heavy atom. The molecule has 6 rings (SSSR count). The number of rotatable bonds is 11. The molecule has 2 saturated carbocycles. The number of benzene rings is 3. The van der Waals surface area contributed by atoms with Gasteiger partial charge in [0.05, 0.1) is 6.04 Å². The summed E-state index contributed by atoms with van der Waals surface area (Å²) in [6.45, 7) is 4.99. The third-order valence-electron chi connectivity index (χ3n) is 9.20. The molecule has 3 aliphatic rings. The molecule has 0 saturated heterocycles. The summed E-state index contributed by atoms with van der Waals surface area (Å²) in [4.78, 5) is 45.3. The second-order valence-electron chi connectivity index (χ2n) is 13.1. The number of hydrogen-bond acceptors (Lipinski definition) is 6. The van der Waals surface area contributed by atoms with E-state index in [1.807, 2.05) is 66.7 Å². The molecular formula is C37H40N3NaO5. The molecule has 2 fully saturated rings. The Morgan fingerprint density at radius 3 is 2.24 bits per heavy atom. The summed E-state index contributed by atoms with van der Waals surface area (Å²) in [5.41, 5.74) is 3.19. The zero-order valence-corrected chi connectivity index (χ0v) is 28.9. The largest absolute Gasteiger partial charge is 1.00 e. The molecule has 9 heteroatoms. The molecule has 1 heterocycles. The molecule has 1 aliphatic heterocycles. The van der Waals surface area contributed by atoms with E-state index in [1.54, 1.807) is 12.1 Å². The van der Waals surface area contributed by atoms with Gasteiger partial charge in [-0.15, -0.1) is 0 Å². The Balaban J connectivity index is 0.00000417. The van der Waals surface area contributed by atoms with Gasteiger partial charge in [0.25, 0.3) is 11.8 Å². The minimum Gasteiger partial charge on any atom is -0.550 e. The predicted molar refractivity (Wildman–Crippen MR) is 169 cm³/mol. The van der Waals surface area contributed by atoms with Crippen LogP contribution in [0.2, 0.25) is 0 Å². The molecule has 1 N–H and O–H groups in total. The van der Waals surface area contributed by atoms with Gasteiger partial charge in [0.2, 0.25) is 0 Å². The van der Waals surface area contributed by atoms with E-state index in [1.165, 1.54) is 0 Å². The number of ether oxygens (including phenoxy) is 1. The molecule has 2 amide bonds. The van der Waals surface area contributed by atoms with E-state index in [4.69, 9.17) is 9.73 Å². The van der Waals surface area contributed by atoms with Gasteiger partial charge in [-0.1, -0.05) is 56.3 Å². The van der Waals surface area contributed by atoms with Crippen molar-refractivity contribution in [1.82, 2.24) is 10.2 Å². The molecule has 0 bridgehead atoms. The van der Waals surface area contributed by atoms with Crippen molar-refractivity contribution in [1.29, 1.82) is 0 Å². The normalized spacial score (nSPS) is 23.0. The topological polar surface area (TPSA) is 111 Å². The molecule has 3 aromatic carbocycles. The first-order valence-corrected chi connectivity index (χ1v) is 16.0. The number of carbonyl (C=O) groups excluding carboxylic acids is 3. The Morgan fingerprint density at radius 1 is 0.978 bits per heavy atom. The summed E-state index contributed by atoms with van der Waals surface area (Å²) in [6.07, 6.45) is 4.56. The monoisotopic (exact) mass is 629 g/mol. The second kappa shape index (κ2) is 14.5. The number of aliphatic carboxylic acids is 1. The van der Waals surface area contributed by atoms with Crippen LogP contribution < -0.4 is 44.7 Å². The van der Waals surface area contributed by atoms with Crippen molar-refractivity contribution in [3.63, 3.8) is 0 Å². The van der Waals surface area contributed by atoms with Crippen LogP contribution in [0.3, 0.4) is 0 Å². The number of aliphatic imine (C=N–C) groups is 1. The van der Waals surface area contributed by atoms with Crippen LogP contribution in [0.25, 0.3) is 0 Å². The van der Waals surface area contributed by atoms with Crippen LogP contribution in [0, 0.1) is 17.8 Å². The molecule has 8 nitrogen and oxygen atoms in total. The quantitative estimate of drug-likeness (QED) is 0.327. The summed E-state index contributed by atoms with van der Waals surface area (Å²) in [6, 6.07) is 24.9. The molecule has 3 aromatic rings. The summed E-state index contributed by atoms with van der Waals surface area (Å²) in [5.74, 6) is 0.318. The molecule has 46 heavy (non-hydrogen) atoms. The minimum absolute atomic E-state index is 0. The number of carboxylic acids is 1. The summed E-state index contributed by atoms with van der Waals surface area (Å²) < 4.78 is 6.00. The average molecular weight is 630 g/mol. The Hall–Kier alpha value is -3.46. The maximum Gasteiger partial charge on any atom is 1.00 e. The van der Waals surface area contributed by atoms with Gasteiger partial charge in [0, 0.05) is 30.1 Å². The van der Waals surface area contributed by atoms with Crippen molar-refractivity contribution < 1.29 is 53.8 Å². The van der Waals surface area contributed by atoms with Gasteiger partial charge in [-0.25, -0.2) is 0 Å². The van der Waals surface area contributed by atoms with Gasteiger partial charge in [0.15, 0.2) is 0 Å². The van der Waals surface area contributed by atoms with Crippen LogP contribution in [0.4, 0.5) is 0 Å². The van der Waals surface area contributed by atoms with Crippen LogP contribution in [-0.2, 0) is 16.2 Å². The van der Waals surface area contributed by atoms with E-state index in [0.29, 0.717) is 35.6 Å². The van der Waals surface area contributed by atoms with E-state index >= 15 is 0 Å². The molecule has 234 valence electrons. The third kappa shape index (κ3) is 7.56. The van der Waals surface area contributed by atoms with Crippen molar-refractivity contribution in [2.75, 3.05) is 6.54 Å². The van der Waals surface area contributed by atoms with Gasteiger partial charge in [-0.05, 0) is 97.4 Å². The minimum atomic E-state index is -1.21. The predicted octanol–water partition coefficient (Wildman–Crippen LogP) is 2.07. The molecule has 3 atom stereocenters. The summed E-state index contributed by atoms with van der Waals surface area (Å²) >= 11 is 0. The zero-order chi connectivity index (χ0) is 31.6. The molecule has 0 radical (unpaired) electrons. The number of nitrogens with zero attached hydrogens (tertiary/aromatic N) is 2. The SMILES string of the molecule is CC1CC(C)CC2(C1)N=C(c1ccc(OCc3ccccc3)cc1)C(=O)N2[C@@H](c1ccc(C(=O)NCCC(=O)[O-])cc1)C1CC1.[Na+]. The maximum absolute atomic E-state index is 14.5.